The van der Waals surface area contributed by atoms with Crippen molar-refractivity contribution in [2.75, 3.05) is 12.4 Å². The molecule has 0 fully saturated rings. The van der Waals surface area contributed by atoms with Crippen LogP contribution in [0.1, 0.15) is 27.5 Å². The zero-order chi connectivity index (χ0) is 21.7. The van der Waals surface area contributed by atoms with E-state index in [1.807, 2.05) is 0 Å². The SMILES string of the molecule is [B]c1ccc(CN(C)C(C(=O)Nc2nccs2)c2cc(F)ccc2OO)c(C=O)c1. The average molecular weight is 425 g/mol. The first-order valence-electron chi connectivity index (χ1n) is 8.78. The lowest BCUT2D eigenvalue weighted by Gasteiger charge is -2.28. The molecule has 7 nitrogen and oxygen atoms in total. The van der Waals surface area contributed by atoms with Crippen LogP contribution in [0.15, 0.2) is 48.0 Å². The van der Waals surface area contributed by atoms with Gasteiger partial charge in [0.25, 0.3) is 0 Å². The molecule has 1 unspecified atom stereocenters. The third-order valence-electron chi connectivity index (χ3n) is 4.43. The number of thiazole rings is 1. The molecule has 0 aliphatic heterocycles. The Hall–Kier alpha value is -3.08. The molecule has 0 aliphatic carbocycles. The number of benzene rings is 2. The van der Waals surface area contributed by atoms with Crippen molar-refractivity contribution in [3.05, 3.63) is 70.5 Å². The summed E-state index contributed by atoms with van der Waals surface area (Å²) >= 11 is 1.22. The zero-order valence-electron chi connectivity index (χ0n) is 15.9. The Morgan fingerprint density at radius 1 is 1.40 bits per heavy atom. The predicted molar refractivity (Wildman–Crippen MR) is 112 cm³/mol. The van der Waals surface area contributed by atoms with Crippen LogP contribution in [0, 0.1) is 5.82 Å². The number of anilines is 1. The molecule has 1 atom stereocenters. The van der Waals surface area contributed by atoms with Gasteiger partial charge in [-0.1, -0.05) is 23.7 Å². The second-order valence-corrected chi connectivity index (χ2v) is 7.39. The first-order chi connectivity index (χ1) is 14.4. The Labute approximate surface area is 177 Å². The fraction of sp³-hybridized carbons (Fsp3) is 0.150. The largest absolute Gasteiger partial charge is 0.340 e. The molecule has 30 heavy (non-hydrogen) atoms. The molecule has 2 radical (unpaired) electrons. The van der Waals surface area contributed by atoms with Crippen LogP contribution in [0.5, 0.6) is 5.75 Å². The van der Waals surface area contributed by atoms with Crippen LogP contribution >= 0.6 is 11.3 Å². The van der Waals surface area contributed by atoms with Crippen LogP contribution in [0.3, 0.4) is 0 Å². The van der Waals surface area contributed by atoms with E-state index < -0.39 is 17.8 Å². The molecular weight excluding hydrogens is 408 g/mol. The number of amides is 1. The van der Waals surface area contributed by atoms with Crippen LogP contribution in [-0.4, -0.2) is 42.2 Å². The molecule has 1 amide bonds. The van der Waals surface area contributed by atoms with Gasteiger partial charge in [-0.15, -0.1) is 11.3 Å². The normalized spacial score (nSPS) is 11.9. The van der Waals surface area contributed by atoms with Crippen LogP contribution in [-0.2, 0) is 11.3 Å². The van der Waals surface area contributed by atoms with E-state index in [-0.39, 0.29) is 17.9 Å². The van der Waals surface area contributed by atoms with Crippen LogP contribution in [0.25, 0.3) is 0 Å². The minimum absolute atomic E-state index is 0.0737. The Balaban J connectivity index is 1.99. The number of likely N-dealkylation sites (N-methyl/N-ethyl adjacent to an activating group) is 1. The maximum atomic E-state index is 14.0. The molecule has 3 rings (SSSR count). The van der Waals surface area contributed by atoms with E-state index in [0.717, 1.165) is 12.1 Å². The fourth-order valence-corrected chi connectivity index (χ4v) is 3.61. The third kappa shape index (κ3) is 4.91. The van der Waals surface area contributed by atoms with Gasteiger partial charge < -0.3 is 10.2 Å². The van der Waals surface area contributed by atoms with Gasteiger partial charge in [-0.2, -0.15) is 0 Å². The van der Waals surface area contributed by atoms with E-state index in [1.54, 1.807) is 29.5 Å². The second-order valence-electron chi connectivity index (χ2n) is 6.49. The summed E-state index contributed by atoms with van der Waals surface area (Å²) in [6, 6.07) is 7.23. The first-order valence-corrected chi connectivity index (χ1v) is 9.66. The van der Waals surface area contributed by atoms with Gasteiger partial charge in [0.05, 0.1) is 0 Å². The maximum Gasteiger partial charge on any atom is 0.248 e. The number of hydrogen-bond acceptors (Lipinski definition) is 7. The van der Waals surface area contributed by atoms with Gasteiger partial charge in [-0.05, 0) is 30.8 Å². The molecule has 0 spiro atoms. The van der Waals surface area contributed by atoms with Gasteiger partial charge >= 0.3 is 0 Å². The average Bonchev–Trinajstić information content (AvgIpc) is 3.22. The number of nitrogens with one attached hydrogen (secondary N) is 1. The topological polar surface area (TPSA) is 91.8 Å². The summed E-state index contributed by atoms with van der Waals surface area (Å²) in [6.07, 6.45) is 2.21. The van der Waals surface area contributed by atoms with Crippen LogP contribution in [0.2, 0.25) is 0 Å². The summed E-state index contributed by atoms with van der Waals surface area (Å²) in [6.45, 7) is 0.158. The molecule has 0 saturated heterocycles. The van der Waals surface area contributed by atoms with E-state index in [0.29, 0.717) is 28.0 Å². The minimum atomic E-state index is -1.07. The van der Waals surface area contributed by atoms with E-state index >= 15 is 0 Å². The van der Waals surface area contributed by atoms with Crippen molar-refractivity contribution in [1.29, 1.82) is 0 Å². The Morgan fingerprint density at radius 2 is 2.20 bits per heavy atom. The van der Waals surface area contributed by atoms with E-state index in [2.05, 4.69) is 15.2 Å². The number of aldehydes is 1. The monoisotopic (exact) mass is 425 g/mol. The molecule has 152 valence electrons. The lowest BCUT2D eigenvalue weighted by molar-refractivity contribution is -0.139. The highest BCUT2D eigenvalue weighted by atomic mass is 32.1. The van der Waals surface area contributed by atoms with Crippen molar-refractivity contribution >= 4 is 42.0 Å². The van der Waals surface area contributed by atoms with E-state index in [4.69, 9.17) is 7.85 Å². The quantitative estimate of drug-likeness (QED) is 0.250. The summed E-state index contributed by atoms with van der Waals surface area (Å²) in [5, 5.41) is 14.0. The summed E-state index contributed by atoms with van der Waals surface area (Å²) < 4.78 is 14.0. The number of hydrogen-bond donors (Lipinski definition) is 2. The Kier molecular flexibility index (Phi) is 6.93. The summed E-state index contributed by atoms with van der Waals surface area (Å²) in [4.78, 5) is 34.5. The molecule has 0 aliphatic rings. The summed E-state index contributed by atoms with van der Waals surface area (Å²) in [5.41, 5.74) is 1.54. The molecule has 3 aromatic rings. The molecule has 1 aromatic heterocycles. The minimum Gasteiger partial charge on any atom is -0.340 e. The Bertz CT molecular complexity index is 1050. The highest BCUT2D eigenvalue weighted by Crippen LogP contribution is 2.32. The van der Waals surface area contributed by atoms with Crippen molar-refractivity contribution in [2.45, 2.75) is 12.6 Å². The summed E-state index contributed by atoms with van der Waals surface area (Å²) in [5.74, 6) is -1.19. The molecule has 2 aromatic carbocycles. The molecule has 0 saturated carbocycles. The number of nitrogens with zero attached hydrogens (tertiary/aromatic N) is 2. The molecular formula is C20H17BFN3O4S. The first kappa shape index (κ1) is 21.6. The molecule has 10 heteroatoms. The maximum absolute atomic E-state index is 14.0. The number of carbonyl (C=O) groups is 2. The highest BCUT2D eigenvalue weighted by molar-refractivity contribution is 7.13. The van der Waals surface area contributed by atoms with Crippen LogP contribution < -0.4 is 15.7 Å². The predicted octanol–water partition coefficient (Wildman–Crippen LogP) is 2.55. The lowest BCUT2D eigenvalue weighted by atomic mass is 9.92. The molecule has 0 bridgehead atoms. The Morgan fingerprint density at radius 3 is 2.87 bits per heavy atom. The van der Waals surface area contributed by atoms with E-state index in [1.165, 1.54) is 29.7 Å². The van der Waals surface area contributed by atoms with Crippen molar-refractivity contribution in [3.63, 3.8) is 0 Å². The van der Waals surface area contributed by atoms with E-state index in [9.17, 15) is 19.2 Å². The zero-order valence-corrected chi connectivity index (χ0v) is 16.7. The highest BCUT2D eigenvalue weighted by Gasteiger charge is 2.30. The number of aromatic nitrogens is 1. The van der Waals surface area contributed by atoms with Crippen molar-refractivity contribution in [1.82, 2.24) is 9.88 Å². The van der Waals surface area contributed by atoms with Gasteiger partial charge in [-0.25, -0.2) is 14.6 Å². The lowest BCUT2D eigenvalue weighted by Crippen LogP contribution is -2.35. The standard InChI is InChI=1S/C20H17BFN3O4S/c1-25(10-12-2-3-14(21)8-13(12)11-26)18(19(27)24-20-23-6-7-30-20)16-9-15(22)4-5-17(16)29-28/h2-9,11,18,28H,10H2,1H3,(H,23,24,27). The summed E-state index contributed by atoms with van der Waals surface area (Å²) in [7, 11) is 7.36. The molecule has 1 heterocycles. The van der Waals surface area contributed by atoms with Crippen molar-refractivity contribution in [3.8, 4) is 5.75 Å². The van der Waals surface area contributed by atoms with Gasteiger partial charge in [0.1, 0.15) is 26.0 Å². The van der Waals surface area contributed by atoms with Crippen molar-refractivity contribution < 1.29 is 24.1 Å². The van der Waals surface area contributed by atoms with Crippen molar-refractivity contribution in [2.24, 2.45) is 0 Å². The third-order valence-corrected chi connectivity index (χ3v) is 5.12. The number of halogens is 1. The smallest absolute Gasteiger partial charge is 0.248 e. The number of rotatable bonds is 8. The van der Waals surface area contributed by atoms with Gasteiger partial charge in [0.2, 0.25) is 5.91 Å². The van der Waals surface area contributed by atoms with Gasteiger partial charge in [0.15, 0.2) is 10.9 Å². The van der Waals surface area contributed by atoms with Gasteiger partial charge in [-0.3, -0.25) is 14.5 Å². The molecule has 2 N–H and O–H groups in total. The second kappa shape index (κ2) is 9.62. The fourth-order valence-electron chi connectivity index (χ4n) is 3.08. The van der Waals surface area contributed by atoms with Crippen LogP contribution in [0.4, 0.5) is 9.52 Å². The number of carbonyl (C=O) groups excluding carboxylic acids is 2. The van der Waals surface area contributed by atoms with Gasteiger partial charge in [0, 0.05) is 29.2 Å².